The molecular formula is C19H19NO2. The molecule has 2 aromatic rings. The van der Waals surface area contributed by atoms with Crippen molar-refractivity contribution in [1.82, 2.24) is 0 Å². The van der Waals surface area contributed by atoms with Gasteiger partial charge in [0.2, 0.25) is 5.60 Å². The molecule has 22 heavy (non-hydrogen) atoms. The lowest BCUT2D eigenvalue weighted by atomic mass is 9.74. The highest BCUT2D eigenvalue weighted by atomic mass is 16.6. The number of fused-ring (bicyclic) bond motifs is 3. The van der Waals surface area contributed by atoms with Crippen molar-refractivity contribution in [3.63, 3.8) is 0 Å². The third kappa shape index (κ3) is 1.43. The molecule has 2 atom stereocenters. The Hall–Kier alpha value is -2.29. The topological polar surface area (TPSA) is 30.8 Å². The Labute approximate surface area is 130 Å². The van der Waals surface area contributed by atoms with Gasteiger partial charge < -0.3 is 9.47 Å². The quantitative estimate of drug-likeness (QED) is 0.829. The van der Waals surface area contributed by atoms with Gasteiger partial charge in [-0.15, -0.1) is 0 Å². The Morgan fingerprint density at radius 3 is 2.32 bits per heavy atom. The van der Waals surface area contributed by atoms with Crippen molar-refractivity contribution in [2.45, 2.75) is 32.1 Å². The van der Waals surface area contributed by atoms with Crippen LogP contribution in [0.25, 0.3) is 0 Å². The van der Waals surface area contributed by atoms with Gasteiger partial charge in [0.05, 0.1) is 0 Å². The molecule has 0 saturated carbocycles. The maximum Gasteiger partial charge on any atom is 0.273 e. The third-order valence-corrected chi connectivity index (χ3v) is 4.65. The summed E-state index contributed by atoms with van der Waals surface area (Å²) >= 11 is 0. The van der Waals surface area contributed by atoms with Crippen molar-refractivity contribution < 1.29 is 9.47 Å². The Bertz CT molecular complexity index is 753. The predicted octanol–water partition coefficient (Wildman–Crippen LogP) is 4.23. The summed E-state index contributed by atoms with van der Waals surface area (Å²) in [6.45, 7) is 6.23. The molecule has 0 fully saturated rings. The molecule has 112 valence electrons. The summed E-state index contributed by atoms with van der Waals surface area (Å²) in [7, 11) is 0. The second-order valence-corrected chi connectivity index (χ2v) is 6.23. The van der Waals surface area contributed by atoms with E-state index < -0.39 is 11.3 Å². The number of benzene rings is 2. The first-order valence-electron chi connectivity index (χ1n) is 7.70. The third-order valence-electron chi connectivity index (χ3n) is 4.65. The lowest BCUT2D eigenvalue weighted by Gasteiger charge is -2.39. The summed E-state index contributed by atoms with van der Waals surface area (Å²) in [6, 6.07) is 18.3. The molecule has 0 radical (unpaired) electrons. The second kappa shape index (κ2) is 4.35. The molecule has 0 amide bonds. The highest BCUT2D eigenvalue weighted by molar-refractivity contribution is 5.78. The predicted molar refractivity (Wildman–Crippen MR) is 85.9 cm³/mol. The van der Waals surface area contributed by atoms with Gasteiger partial charge in [-0.05, 0) is 6.07 Å². The minimum Gasteiger partial charge on any atom is -0.463 e. The smallest absolute Gasteiger partial charge is 0.273 e. The van der Waals surface area contributed by atoms with Crippen LogP contribution in [0.1, 0.15) is 31.9 Å². The molecule has 0 N–H and O–H groups in total. The van der Waals surface area contributed by atoms with Gasteiger partial charge in [0.25, 0.3) is 5.72 Å². The van der Waals surface area contributed by atoms with Gasteiger partial charge in [-0.3, -0.25) is 0 Å². The van der Waals surface area contributed by atoms with Crippen LogP contribution >= 0.6 is 0 Å². The fraction of sp³-hybridized carbons (Fsp3) is 0.316. The molecule has 0 aromatic heterocycles. The molecule has 2 aliphatic heterocycles. The van der Waals surface area contributed by atoms with E-state index in [1.807, 2.05) is 43.3 Å². The van der Waals surface area contributed by atoms with E-state index in [-0.39, 0.29) is 5.92 Å². The van der Waals surface area contributed by atoms with Crippen molar-refractivity contribution >= 4 is 5.90 Å². The molecule has 2 heterocycles. The molecular weight excluding hydrogens is 274 g/mol. The van der Waals surface area contributed by atoms with Gasteiger partial charge in [-0.2, -0.15) is 0 Å². The lowest BCUT2D eigenvalue weighted by Crippen LogP contribution is -2.49. The van der Waals surface area contributed by atoms with Crippen LogP contribution in [-0.4, -0.2) is 5.90 Å². The van der Waals surface area contributed by atoms with Crippen LogP contribution in [0.4, 0.5) is 0 Å². The largest absolute Gasteiger partial charge is 0.463 e. The molecule has 3 nitrogen and oxygen atoms in total. The summed E-state index contributed by atoms with van der Waals surface area (Å²) in [5, 5.41) is 0. The first-order chi connectivity index (χ1) is 10.6. The Balaban J connectivity index is 2.04. The molecule has 0 saturated heterocycles. The standard InChI is InChI=1S/C19H19NO2/c1-13(2)18-16-11-7-8-12-17(16)22-19(18,20-14(3)21-18)15-9-5-4-6-10-15/h4-13H,1-3H3/t18-,19+/m0/s1. The monoisotopic (exact) mass is 293 g/mol. The van der Waals surface area contributed by atoms with E-state index in [1.165, 1.54) is 0 Å². The normalized spacial score (nSPS) is 28.6. The van der Waals surface area contributed by atoms with E-state index in [0.717, 1.165) is 16.9 Å². The van der Waals surface area contributed by atoms with E-state index in [1.54, 1.807) is 0 Å². The van der Waals surface area contributed by atoms with Crippen LogP contribution < -0.4 is 4.74 Å². The van der Waals surface area contributed by atoms with Crippen molar-refractivity contribution in [2.75, 3.05) is 0 Å². The number of rotatable bonds is 2. The summed E-state index contributed by atoms with van der Waals surface area (Å²) < 4.78 is 12.8. The maximum absolute atomic E-state index is 6.43. The minimum absolute atomic E-state index is 0.206. The average Bonchev–Trinajstić information content (AvgIpc) is 2.97. The fourth-order valence-corrected chi connectivity index (χ4v) is 3.81. The van der Waals surface area contributed by atoms with Crippen LogP contribution in [-0.2, 0) is 16.1 Å². The molecule has 3 heteroatoms. The van der Waals surface area contributed by atoms with E-state index in [4.69, 9.17) is 14.5 Å². The van der Waals surface area contributed by atoms with Crippen molar-refractivity contribution in [3.05, 3.63) is 65.7 Å². The van der Waals surface area contributed by atoms with E-state index in [2.05, 4.69) is 32.0 Å². The summed E-state index contributed by atoms with van der Waals surface area (Å²) in [6.07, 6.45) is 0. The zero-order chi connectivity index (χ0) is 15.4. The number of para-hydroxylation sites is 1. The Morgan fingerprint density at radius 1 is 0.909 bits per heavy atom. The summed E-state index contributed by atoms with van der Waals surface area (Å²) in [4.78, 5) is 4.83. The van der Waals surface area contributed by atoms with Crippen molar-refractivity contribution in [3.8, 4) is 5.75 Å². The average molecular weight is 293 g/mol. The van der Waals surface area contributed by atoms with Gasteiger partial charge in [0.15, 0.2) is 5.90 Å². The molecule has 0 unspecified atom stereocenters. The Morgan fingerprint density at radius 2 is 1.59 bits per heavy atom. The van der Waals surface area contributed by atoms with E-state index in [0.29, 0.717) is 5.90 Å². The number of aliphatic imine (C=N–C) groups is 1. The van der Waals surface area contributed by atoms with Crippen molar-refractivity contribution in [2.24, 2.45) is 10.9 Å². The molecule has 0 bridgehead atoms. The van der Waals surface area contributed by atoms with Gasteiger partial charge in [0.1, 0.15) is 5.75 Å². The Kier molecular flexibility index (Phi) is 2.65. The summed E-state index contributed by atoms with van der Waals surface area (Å²) in [5.74, 6) is 1.74. The van der Waals surface area contributed by atoms with Crippen LogP contribution in [0, 0.1) is 5.92 Å². The van der Waals surface area contributed by atoms with Crippen LogP contribution in [0.15, 0.2) is 59.6 Å². The highest BCUT2D eigenvalue weighted by Gasteiger charge is 2.68. The summed E-state index contributed by atoms with van der Waals surface area (Å²) in [5.41, 5.74) is 0.650. The number of ether oxygens (including phenoxy) is 2. The highest BCUT2D eigenvalue weighted by Crippen LogP contribution is 2.61. The maximum atomic E-state index is 6.43. The van der Waals surface area contributed by atoms with Gasteiger partial charge >= 0.3 is 0 Å². The fourth-order valence-electron chi connectivity index (χ4n) is 3.81. The molecule has 2 aliphatic rings. The SMILES string of the molecule is CC1=N[C@]2(c3ccccc3)Oc3ccccc3[C@]2(C(C)C)O1. The number of nitrogens with zero attached hydrogens (tertiary/aromatic N) is 1. The van der Waals surface area contributed by atoms with Crippen LogP contribution in [0.5, 0.6) is 5.75 Å². The zero-order valence-corrected chi connectivity index (χ0v) is 13.0. The number of hydrogen-bond acceptors (Lipinski definition) is 3. The second-order valence-electron chi connectivity index (χ2n) is 6.23. The zero-order valence-electron chi connectivity index (χ0n) is 13.0. The van der Waals surface area contributed by atoms with Crippen LogP contribution in [0.2, 0.25) is 0 Å². The van der Waals surface area contributed by atoms with Crippen molar-refractivity contribution in [1.29, 1.82) is 0 Å². The minimum atomic E-state index is -0.837. The molecule has 0 spiro atoms. The molecule has 4 rings (SSSR count). The van der Waals surface area contributed by atoms with Gasteiger partial charge in [0, 0.05) is 24.0 Å². The van der Waals surface area contributed by atoms with Gasteiger partial charge in [-0.1, -0.05) is 62.4 Å². The van der Waals surface area contributed by atoms with Crippen LogP contribution in [0.3, 0.4) is 0 Å². The number of hydrogen-bond donors (Lipinski definition) is 0. The first kappa shape index (κ1) is 13.4. The first-order valence-corrected chi connectivity index (χ1v) is 7.70. The molecule has 0 aliphatic carbocycles. The van der Waals surface area contributed by atoms with E-state index >= 15 is 0 Å². The lowest BCUT2D eigenvalue weighted by molar-refractivity contribution is -0.108. The molecule has 2 aromatic carbocycles. The van der Waals surface area contributed by atoms with E-state index in [9.17, 15) is 0 Å². The van der Waals surface area contributed by atoms with Gasteiger partial charge in [-0.25, -0.2) is 4.99 Å².